The highest BCUT2D eigenvalue weighted by atomic mass is 19.1. The molecule has 0 radical (unpaired) electrons. The number of carbonyl (C=O) groups is 1. The smallest absolute Gasteiger partial charge is 0.317 e. The number of anilines is 1. The van der Waals surface area contributed by atoms with Gasteiger partial charge in [0.25, 0.3) is 0 Å². The molecule has 164 valence electrons. The molecule has 0 saturated carbocycles. The first-order valence-corrected chi connectivity index (χ1v) is 10.8. The summed E-state index contributed by atoms with van der Waals surface area (Å²) < 4.78 is 15.2. The van der Waals surface area contributed by atoms with Gasteiger partial charge in [0, 0.05) is 39.1 Å². The van der Waals surface area contributed by atoms with E-state index in [2.05, 4.69) is 15.3 Å². The van der Waals surface area contributed by atoms with Gasteiger partial charge in [0.05, 0.1) is 16.8 Å². The summed E-state index contributed by atoms with van der Waals surface area (Å²) in [4.78, 5) is 25.9. The number of hydrogen-bond donors (Lipinski definition) is 1. The van der Waals surface area contributed by atoms with Gasteiger partial charge in [-0.3, -0.25) is 0 Å². The minimum atomic E-state index is -0.289. The lowest BCUT2D eigenvalue weighted by Crippen LogP contribution is -2.52. The normalized spacial score (nSPS) is 14.3. The van der Waals surface area contributed by atoms with E-state index in [9.17, 15) is 9.18 Å². The first-order chi connectivity index (χ1) is 15.0. The molecule has 9 heteroatoms. The van der Waals surface area contributed by atoms with Crippen molar-refractivity contribution >= 4 is 22.9 Å². The van der Waals surface area contributed by atoms with Gasteiger partial charge >= 0.3 is 6.03 Å². The van der Waals surface area contributed by atoms with Crippen LogP contribution in [0, 0.1) is 12.7 Å². The highest BCUT2D eigenvalue weighted by Gasteiger charge is 2.26. The Morgan fingerprint density at radius 3 is 2.45 bits per heavy atom. The molecule has 31 heavy (non-hydrogen) atoms. The van der Waals surface area contributed by atoms with Gasteiger partial charge < -0.3 is 15.1 Å². The second-order valence-corrected chi connectivity index (χ2v) is 7.70. The highest BCUT2D eigenvalue weighted by molar-refractivity contribution is 5.91. The lowest BCUT2D eigenvalue weighted by molar-refractivity contribution is 0.194. The van der Waals surface area contributed by atoms with E-state index in [4.69, 9.17) is 9.97 Å². The molecule has 1 aromatic carbocycles. The Balaban J connectivity index is 1.67. The zero-order valence-corrected chi connectivity index (χ0v) is 18.2. The molecule has 2 amide bonds. The number of aromatic nitrogens is 4. The number of carbonyl (C=O) groups excluding carboxylic acids is 1. The third-order valence-corrected chi connectivity index (χ3v) is 5.51. The first-order valence-electron chi connectivity index (χ1n) is 10.8. The van der Waals surface area contributed by atoms with Crippen molar-refractivity contribution in [3.05, 3.63) is 41.6 Å². The zero-order valence-electron chi connectivity index (χ0n) is 18.2. The van der Waals surface area contributed by atoms with E-state index in [-0.39, 0.29) is 11.8 Å². The molecule has 1 aliphatic rings. The van der Waals surface area contributed by atoms with Crippen LogP contribution >= 0.6 is 0 Å². The Kier molecular flexibility index (Phi) is 6.01. The molecular weight excluding hydrogens is 397 g/mol. The van der Waals surface area contributed by atoms with Gasteiger partial charge in [-0.1, -0.05) is 13.8 Å². The monoisotopic (exact) mass is 425 g/mol. The van der Waals surface area contributed by atoms with E-state index in [0.29, 0.717) is 44.8 Å². The molecule has 3 heterocycles. The number of hydrogen-bond acceptors (Lipinski definition) is 5. The summed E-state index contributed by atoms with van der Waals surface area (Å²) in [5, 5.41) is 8.52. The number of nitrogens with zero attached hydrogens (tertiary/aromatic N) is 6. The third kappa shape index (κ3) is 4.17. The summed E-state index contributed by atoms with van der Waals surface area (Å²) >= 11 is 0. The number of piperazine rings is 1. The fourth-order valence-electron chi connectivity index (χ4n) is 3.82. The second-order valence-electron chi connectivity index (χ2n) is 7.70. The summed E-state index contributed by atoms with van der Waals surface area (Å²) in [6, 6.07) is 6.22. The summed E-state index contributed by atoms with van der Waals surface area (Å²) in [5.41, 5.74) is 2.29. The largest absolute Gasteiger partial charge is 0.352 e. The Labute approximate surface area is 181 Å². The molecule has 0 atom stereocenters. The molecule has 1 saturated heterocycles. The van der Waals surface area contributed by atoms with Crippen LogP contribution in [0.15, 0.2) is 24.3 Å². The van der Waals surface area contributed by atoms with E-state index < -0.39 is 0 Å². The van der Waals surface area contributed by atoms with Crippen LogP contribution in [0.4, 0.5) is 15.0 Å². The Morgan fingerprint density at radius 2 is 1.81 bits per heavy atom. The van der Waals surface area contributed by atoms with Crippen LogP contribution in [0.2, 0.25) is 0 Å². The zero-order chi connectivity index (χ0) is 22.0. The van der Waals surface area contributed by atoms with Crippen molar-refractivity contribution in [2.75, 3.05) is 37.6 Å². The van der Waals surface area contributed by atoms with Gasteiger partial charge in [-0.2, -0.15) is 5.10 Å². The molecule has 3 aromatic rings. The summed E-state index contributed by atoms with van der Waals surface area (Å²) in [7, 11) is 0. The van der Waals surface area contributed by atoms with Gasteiger partial charge in [-0.25, -0.2) is 23.8 Å². The lowest BCUT2D eigenvalue weighted by Gasteiger charge is -2.35. The average Bonchev–Trinajstić information content (AvgIpc) is 3.13. The van der Waals surface area contributed by atoms with Gasteiger partial charge in [0.2, 0.25) is 0 Å². The van der Waals surface area contributed by atoms with Crippen molar-refractivity contribution < 1.29 is 9.18 Å². The predicted molar refractivity (Wildman–Crippen MR) is 118 cm³/mol. The summed E-state index contributed by atoms with van der Waals surface area (Å²) in [5.74, 6) is 1.29. The van der Waals surface area contributed by atoms with E-state index in [1.54, 1.807) is 16.8 Å². The first kappa shape index (κ1) is 21.0. The number of amides is 2. The lowest BCUT2D eigenvalue weighted by atomic mass is 10.2. The number of benzene rings is 1. The SMILES string of the molecule is CCCNC(=O)N1CCN(c2nc(CC)nc3c2c(C)nn3-c2ccc(F)cc2)CC1. The van der Waals surface area contributed by atoms with Crippen LogP contribution in [-0.4, -0.2) is 63.4 Å². The number of urea groups is 1. The van der Waals surface area contributed by atoms with Crippen LogP contribution in [0.5, 0.6) is 0 Å². The number of rotatable bonds is 5. The summed E-state index contributed by atoms with van der Waals surface area (Å²) in [6.07, 6.45) is 1.61. The molecule has 0 bridgehead atoms. The molecule has 0 spiro atoms. The van der Waals surface area contributed by atoms with Gasteiger partial charge in [0.15, 0.2) is 5.65 Å². The molecule has 2 aromatic heterocycles. The van der Waals surface area contributed by atoms with E-state index in [0.717, 1.165) is 34.8 Å². The predicted octanol–water partition coefficient (Wildman–Crippen LogP) is 3.07. The van der Waals surface area contributed by atoms with Crippen LogP contribution in [0.25, 0.3) is 16.7 Å². The van der Waals surface area contributed by atoms with Gasteiger partial charge in [0.1, 0.15) is 17.5 Å². The Morgan fingerprint density at radius 1 is 1.10 bits per heavy atom. The van der Waals surface area contributed by atoms with Gasteiger partial charge in [-0.15, -0.1) is 0 Å². The topological polar surface area (TPSA) is 79.2 Å². The Hall–Kier alpha value is -3.23. The van der Waals surface area contributed by atoms with E-state index in [1.807, 2.05) is 25.7 Å². The van der Waals surface area contributed by atoms with E-state index >= 15 is 0 Å². The van der Waals surface area contributed by atoms with Crippen molar-refractivity contribution in [1.82, 2.24) is 30.0 Å². The number of fused-ring (bicyclic) bond motifs is 1. The molecule has 1 aliphatic heterocycles. The quantitative estimate of drug-likeness (QED) is 0.680. The summed E-state index contributed by atoms with van der Waals surface area (Å²) in [6.45, 7) is 9.33. The van der Waals surface area contributed by atoms with Crippen molar-refractivity contribution in [3.8, 4) is 5.69 Å². The van der Waals surface area contributed by atoms with Crippen molar-refractivity contribution in [1.29, 1.82) is 0 Å². The standard InChI is InChI=1S/C22H28FN7O/c1-4-10-24-22(31)29-13-11-28(12-14-29)20-19-15(3)27-30(17-8-6-16(23)7-9-17)21(19)26-18(5-2)25-20/h6-9H,4-5,10-14H2,1-3H3,(H,24,31). The van der Waals surface area contributed by atoms with Crippen molar-refractivity contribution in [2.24, 2.45) is 0 Å². The third-order valence-electron chi connectivity index (χ3n) is 5.51. The molecule has 1 fully saturated rings. The minimum absolute atomic E-state index is 0.0103. The maximum atomic E-state index is 13.4. The maximum Gasteiger partial charge on any atom is 0.317 e. The fourth-order valence-corrected chi connectivity index (χ4v) is 3.82. The molecule has 8 nitrogen and oxygen atoms in total. The van der Waals surface area contributed by atoms with E-state index in [1.165, 1.54) is 12.1 Å². The number of nitrogens with one attached hydrogen (secondary N) is 1. The average molecular weight is 426 g/mol. The Bertz CT molecular complexity index is 1070. The maximum absolute atomic E-state index is 13.4. The fraction of sp³-hybridized carbons (Fsp3) is 0.455. The number of halogens is 1. The van der Waals surface area contributed by atoms with Gasteiger partial charge in [-0.05, 0) is 37.6 Å². The second kappa shape index (κ2) is 8.87. The van der Waals surface area contributed by atoms with Crippen LogP contribution in [-0.2, 0) is 6.42 Å². The molecule has 0 aliphatic carbocycles. The minimum Gasteiger partial charge on any atom is -0.352 e. The number of aryl methyl sites for hydroxylation is 2. The highest BCUT2D eigenvalue weighted by Crippen LogP contribution is 2.29. The van der Waals surface area contributed by atoms with Crippen LogP contribution < -0.4 is 10.2 Å². The molecule has 4 rings (SSSR count). The molecule has 1 N–H and O–H groups in total. The molecular formula is C22H28FN7O. The molecule has 0 unspecified atom stereocenters. The van der Waals surface area contributed by atoms with Crippen LogP contribution in [0.3, 0.4) is 0 Å². The van der Waals surface area contributed by atoms with Crippen LogP contribution in [0.1, 0.15) is 31.8 Å². The van der Waals surface area contributed by atoms with Crippen molar-refractivity contribution in [2.45, 2.75) is 33.6 Å². The van der Waals surface area contributed by atoms with Crippen molar-refractivity contribution in [3.63, 3.8) is 0 Å².